The number of amides is 1. The molecule has 2 N–H and O–H groups in total. The van der Waals surface area contributed by atoms with Crippen LogP contribution in [0, 0.1) is 6.92 Å². The number of furan rings is 1. The lowest BCUT2D eigenvalue weighted by atomic mass is 10.1. The summed E-state index contributed by atoms with van der Waals surface area (Å²) in [5, 5.41) is 6.17. The molecule has 0 atom stereocenters. The second-order valence-corrected chi connectivity index (χ2v) is 5.29. The van der Waals surface area contributed by atoms with Crippen LogP contribution in [0.4, 0.5) is 11.4 Å². The largest absolute Gasteiger partial charge is 0.459 e. The van der Waals surface area contributed by atoms with E-state index in [2.05, 4.69) is 29.7 Å². The summed E-state index contributed by atoms with van der Waals surface area (Å²) in [5.41, 5.74) is 4.27. The molecule has 23 heavy (non-hydrogen) atoms. The molecule has 4 heteroatoms. The molecular formula is C19H18N2O2. The van der Waals surface area contributed by atoms with Crippen LogP contribution in [-0.2, 0) is 6.54 Å². The predicted molar refractivity (Wildman–Crippen MR) is 91.6 cm³/mol. The molecular weight excluding hydrogens is 288 g/mol. The minimum atomic E-state index is -0.254. The number of benzene rings is 2. The number of nitrogens with one attached hydrogen (secondary N) is 2. The third-order valence-corrected chi connectivity index (χ3v) is 3.63. The van der Waals surface area contributed by atoms with Crippen LogP contribution >= 0.6 is 0 Å². The lowest BCUT2D eigenvalue weighted by Gasteiger charge is -2.10. The van der Waals surface area contributed by atoms with E-state index in [9.17, 15) is 4.79 Å². The number of hydrogen-bond acceptors (Lipinski definition) is 3. The standard InChI is InChI=1S/C19H18N2O2/c1-14-5-2-3-6-15(14)13-20-16-8-10-17(11-9-16)21-19(22)18-7-4-12-23-18/h2-12,20H,13H2,1H3,(H,21,22). The maximum absolute atomic E-state index is 11.9. The second-order valence-electron chi connectivity index (χ2n) is 5.29. The van der Waals surface area contributed by atoms with Crippen LogP contribution in [0.3, 0.4) is 0 Å². The van der Waals surface area contributed by atoms with Crippen molar-refractivity contribution in [1.82, 2.24) is 0 Å². The van der Waals surface area contributed by atoms with Crippen LogP contribution < -0.4 is 10.6 Å². The van der Waals surface area contributed by atoms with Crippen molar-refractivity contribution in [3.63, 3.8) is 0 Å². The Bertz CT molecular complexity index is 777. The fourth-order valence-corrected chi connectivity index (χ4v) is 2.28. The fourth-order valence-electron chi connectivity index (χ4n) is 2.28. The average molecular weight is 306 g/mol. The molecule has 1 heterocycles. The molecule has 0 aliphatic heterocycles. The first-order valence-corrected chi connectivity index (χ1v) is 7.46. The van der Waals surface area contributed by atoms with Gasteiger partial charge in [0.05, 0.1) is 6.26 Å². The van der Waals surface area contributed by atoms with Gasteiger partial charge in [-0.15, -0.1) is 0 Å². The number of hydrogen-bond donors (Lipinski definition) is 2. The summed E-state index contributed by atoms with van der Waals surface area (Å²) < 4.78 is 5.07. The number of aryl methyl sites for hydroxylation is 1. The molecule has 0 aliphatic carbocycles. The van der Waals surface area contributed by atoms with Crippen molar-refractivity contribution in [1.29, 1.82) is 0 Å². The first-order chi connectivity index (χ1) is 11.2. The molecule has 1 aromatic heterocycles. The Morgan fingerprint density at radius 1 is 0.957 bits per heavy atom. The van der Waals surface area contributed by atoms with Crippen LogP contribution in [0.1, 0.15) is 21.7 Å². The Morgan fingerprint density at radius 3 is 2.39 bits per heavy atom. The molecule has 3 rings (SSSR count). The summed E-state index contributed by atoms with van der Waals surface area (Å²) in [5.74, 6) is 0.0439. The molecule has 0 radical (unpaired) electrons. The zero-order valence-electron chi connectivity index (χ0n) is 12.9. The van der Waals surface area contributed by atoms with E-state index < -0.39 is 0 Å². The van der Waals surface area contributed by atoms with Gasteiger partial charge in [-0.2, -0.15) is 0 Å². The minimum absolute atomic E-state index is 0.254. The molecule has 0 bridgehead atoms. The van der Waals surface area contributed by atoms with Crippen molar-refractivity contribution in [2.75, 3.05) is 10.6 Å². The molecule has 0 unspecified atom stereocenters. The van der Waals surface area contributed by atoms with Gasteiger partial charge >= 0.3 is 0 Å². The maximum atomic E-state index is 11.9. The second kappa shape index (κ2) is 6.83. The lowest BCUT2D eigenvalue weighted by Crippen LogP contribution is -2.10. The monoisotopic (exact) mass is 306 g/mol. The van der Waals surface area contributed by atoms with E-state index in [0.29, 0.717) is 5.76 Å². The Kier molecular flexibility index (Phi) is 4.43. The fraction of sp³-hybridized carbons (Fsp3) is 0.105. The van der Waals surface area contributed by atoms with Crippen LogP contribution in [0.5, 0.6) is 0 Å². The zero-order chi connectivity index (χ0) is 16.1. The van der Waals surface area contributed by atoms with Crippen molar-refractivity contribution >= 4 is 17.3 Å². The van der Waals surface area contributed by atoms with Gasteiger partial charge in [-0.05, 0) is 54.4 Å². The first-order valence-electron chi connectivity index (χ1n) is 7.46. The van der Waals surface area contributed by atoms with Gasteiger partial charge in [-0.3, -0.25) is 4.79 Å². The quantitative estimate of drug-likeness (QED) is 0.732. The van der Waals surface area contributed by atoms with E-state index in [1.807, 2.05) is 36.4 Å². The molecule has 3 aromatic rings. The summed E-state index contributed by atoms with van der Waals surface area (Å²) in [4.78, 5) is 11.9. The van der Waals surface area contributed by atoms with Crippen LogP contribution in [0.15, 0.2) is 71.3 Å². The van der Waals surface area contributed by atoms with Gasteiger partial charge in [0.2, 0.25) is 0 Å². The molecule has 0 saturated heterocycles. The summed E-state index contributed by atoms with van der Waals surface area (Å²) in [7, 11) is 0. The molecule has 116 valence electrons. The Labute approximate surface area is 135 Å². The minimum Gasteiger partial charge on any atom is -0.459 e. The molecule has 0 fully saturated rings. The van der Waals surface area contributed by atoms with Crippen molar-refractivity contribution in [2.45, 2.75) is 13.5 Å². The molecule has 4 nitrogen and oxygen atoms in total. The highest BCUT2D eigenvalue weighted by Gasteiger charge is 2.08. The highest BCUT2D eigenvalue weighted by atomic mass is 16.3. The molecule has 0 spiro atoms. The van der Waals surface area contributed by atoms with Gasteiger partial charge in [0.25, 0.3) is 5.91 Å². The van der Waals surface area contributed by atoms with Crippen LogP contribution in [0.25, 0.3) is 0 Å². The first kappa shape index (κ1) is 14.9. The zero-order valence-corrected chi connectivity index (χ0v) is 12.9. The summed E-state index contributed by atoms with van der Waals surface area (Å²) in [6.45, 7) is 2.87. The summed E-state index contributed by atoms with van der Waals surface area (Å²) in [6.07, 6.45) is 1.48. The van der Waals surface area contributed by atoms with E-state index in [1.54, 1.807) is 12.1 Å². The number of anilines is 2. The SMILES string of the molecule is Cc1ccccc1CNc1ccc(NC(=O)c2ccco2)cc1. The molecule has 0 saturated carbocycles. The Balaban J connectivity index is 1.59. The van der Waals surface area contributed by atoms with E-state index in [0.717, 1.165) is 17.9 Å². The number of carbonyl (C=O) groups excluding carboxylic acids is 1. The van der Waals surface area contributed by atoms with Gasteiger partial charge in [0.15, 0.2) is 5.76 Å². The van der Waals surface area contributed by atoms with Crippen molar-refractivity contribution in [3.8, 4) is 0 Å². The highest BCUT2D eigenvalue weighted by molar-refractivity contribution is 6.02. The predicted octanol–water partition coefficient (Wildman–Crippen LogP) is 4.45. The van der Waals surface area contributed by atoms with E-state index in [-0.39, 0.29) is 5.91 Å². The Hall–Kier alpha value is -3.01. The average Bonchev–Trinajstić information content (AvgIpc) is 3.10. The van der Waals surface area contributed by atoms with Crippen molar-refractivity contribution in [3.05, 3.63) is 83.8 Å². The van der Waals surface area contributed by atoms with Crippen LogP contribution in [0.2, 0.25) is 0 Å². The summed E-state index contributed by atoms with van der Waals surface area (Å²) in [6, 6.07) is 19.2. The van der Waals surface area contributed by atoms with E-state index in [4.69, 9.17) is 4.42 Å². The maximum Gasteiger partial charge on any atom is 0.291 e. The van der Waals surface area contributed by atoms with Gasteiger partial charge in [0, 0.05) is 17.9 Å². The molecule has 1 amide bonds. The van der Waals surface area contributed by atoms with E-state index in [1.165, 1.54) is 17.4 Å². The number of rotatable bonds is 5. The third kappa shape index (κ3) is 3.80. The smallest absolute Gasteiger partial charge is 0.291 e. The number of carbonyl (C=O) groups is 1. The summed E-state index contributed by atoms with van der Waals surface area (Å²) >= 11 is 0. The van der Waals surface area contributed by atoms with Gasteiger partial charge in [0.1, 0.15) is 0 Å². The lowest BCUT2D eigenvalue weighted by molar-refractivity contribution is 0.0996. The van der Waals surface area contributed by atoms with Gasteiger partial charge in [-0.25, -0.2) is 0 Å². The third-order valence-electron chi connectivity index (χ3n) is 3.63. The topological polar surface area (TPSA) is 54.3 Å². The van der Waals surface area contributed by atoms with Crippen LogP contribution in [-0.4, -0.2) is 5.91 Å². The van der Waals surface area contributed by atoms with Crippen molar-refractivity contribution < 1.29 is 9.21 Å². The van der Waals surface area contributed by atoms with Gasteiger partial charge < -0.3 is 15.1 Å². The van der Waals surface area contributed by atoms with Gasteiger partial charge in [-0.1, -0.05) is 24.3 Å². The molecule has 2 aromatic carbocycles. The highest BCUT2D eigenvalue weighted by Crippen LogP contribution is 2.16. The Morgan fingerprint density at radius 2 is 1.70 bits per heavy atom. The van der Waals surface area contributed by atoms with Crippen molar-refractivity contribution in [2.24, 2.45) is 0 Å². The normalized spacial score (nSPS) is 10.3. The van der Waals surface area contributed by atoms with E-state index >= 15 is 0 Å². The molecule has 0 aliphatic rings.